The van der Waals surface area contributed by atoms with E-state index in [-0.39, 0.29) is 12.6 Å². The first kappa shape index (κ1) is 15.7. The number of benzene rings is 1. The summed E-state index contributed by atoms with van der Waals surface area (Å²) in [5.74, 6) is -0.933. The van der Waals surface area contributed by atoms with Crippen LogP contribution in [0.15, 0.2) is 18.2 Å². The van der Waals surface area contributed by atoms with Crippen molar-refractivity contribution in [1.29, 1.82) is 0 Å². The average Bonchev–Trinajstić information content (AvgIpc) is 3.21. The number of rotatable bonds is 6. The highest BCUT2D eigenvalue weighted by molar-refractivity contribution is 5.73. The Hall–Kier alpha value is -1.69. The van der Waals surface area contributed by atoms with Crippen molar-refractivity contribution in [3.8, 4) is 0 Å². The molecule has 1 aromatic carbocycles. The number of amides is 2. The lowest BCUT2D eigenvalue weighted by atomic mass is 10.1. The summed E-state index contributed by atoms with van der Waals surface area (Å²) in [4.78, 5) is 13.2. The zero-order valence-electron chi connectivity index (χ0n) is 12.0. The molecule has 0 spiro atoms. The molecule has 0 bridgehead atoms. The fourth-order valence-corrected chi connectivity index (χ4v) is 2.20. The molecule has 2 rings (SSSR count). The van der Waals surface area contributed by atoms with E-state index < -0.39 is 17.7 Å². The molecule has 1 atom stereocenters. The minimum atomic E-state index is -0.624. The van der Waals surface area contributed by atoms with Gasteiger partial charge in [-0.25, -0.2) is 13.6 Å². The number of carbonyl (C=O) groups is 1. The summed E-state index contributed by atoms with van der Waals surface area (Å²) in [7, 11) is 1.61. The number of aliphatic hydroxyl groups is 1. The fourth-order valence-electron chi connectivity index (χ4n) is 2.20. The Morgan fingerprint density at radius 2 is 2.00 bits per heavy atom. The van der Waals surface area contributed by atoms with Crippen molar-refractivity contribution in [3.05, 3.63) is 35.4 Å². The first-order valence-electron chi connectivity index (χ1n) is 7.07. The number of likely N-dealkylation sites (N-methyl/N-ethyl adjacent to an activating group) is 1. The standard InChI is InChI=1S/C15H20F2N2O2/c1-19(9-14(20)11-2-3-11)15(21)18-5-4-10-6-12(16)8-13(17)7-10/h6-8,11,14,20H,2-5,9H2,1H3,(H,18,21). The Balaban J connectivity index is 1.72. The second-order valence-electron chi connectivity index (χ2n) is 5.54. The first-order chi connectivity index (χ1) is 9.95. The third-order valence-corrected chi connectivity index (χ3v) is 3.59. The van der Waals surface area contributed by atoms with Gasteiger partial charge in [-0.05, 0) is 42.9 Å². The molecule has 1 saturated carbocycles. The van der Waals surface area contributed by atoms with E-state index >= 15 is 0 Å². The maximum absolute atomic E-state index is 13.0. The van der Waals surface area contributed by atoms with Gasteiger partial charge >= 0.3 is 6.03 Å². The van der Waals surface area contributed by atoms with E-state index in [1.54, 1.807) is 7.05 Å². The Morgan fingerprint density at radius 3 is 2.57 bits per heavy atom. The highest BCUT2D eigenvalue weighted by Gasteiger charge is 2.31. The lowest BCUT2D eigenvalue weighted by molar-refractivity contribution is 0.113. The largest absolute Gasteiger partial charge is 0.391 e. The van der Waals surface area contributed by atoms with Crippen LogP contribution >= 0.6 is 0 Å². The monoisotopic (exact) mass is 298 g/mol. The second-order valence-corrected chi connectivity index (χ2v) is 5.54. The summed E-state index contributed by atoms with van der Waals surface area (Å²) in [6.07, 6.45) is 1.90. The molecule has 1 unspecified atom stereocenters. The van der Waals surface area contributed by atoms with Crippen LogP contribution in [0.4, 0.5) is 13.6 Å². The first-order valence-corrected chi connectivity index (χ1v) is 7.07. The van der Waals surface area contributed by atoms with Crippen LogP contribution in [0.2, 0.25) is 0 Å². The van der Waals surface area contributed by atoms with Crippen LogP contribution in [0, 0.1) is 17.6 Å². The molecule has 21 heavy (non-hydrogen) atoms. The third-order valence-electron chi connectivity index (χ3n) is 3.59. The molecule has 2 N–H and O–H groups in total. The topological polar surface area (TPSA) is 52.6 Å². The molecule has 1 aliphatic carbocycles. The van der Waals surface area contributed by atoms with Crippen molar-refractivity contribution in [1.82, 2.24) is 10.2 Å². The smallest absolute Gasteiger partial charge is 0.317 e. The lowest BCUT2D eigenvalue weighted by Gasteiger charge is -2.21. The van der Waals surface area contributed by atoms with Crippen molar-refractivity contribution in [3.63, 3.8) is 0 Å². The van der Waals surface area contributed by atoms with Gasteiger partial charge in [0, 0.05) is 26.2 Å². The number of urea groups is 1. The summed E-state index contributed by atoms with van der Waals surface area (Å²) in [6, 6.07) is 3.01. The maximum atomic E-state index is 13.0. The van der Waals surface area contributed by atoms with Gasteiger partial charge in [-0.2, -0.15) is 0 Å². The lowest BCUT2D eigenvalue weighted by Crippen LogP contribution is -2.42. The van der Waals surface area contributed by atoms with Crippen LogP contribution in [0.5, 0.6) is 0 Å². The molecule has 0 aromatic heterocycles. The van der Waals surface area contributed by atoms with Crippen molar-refractivity contribution < 1.29 is 18.7 Å². The van der Waals surface area contributed by atoms with E-state index in [0.29, 0.717) is 24.4 Å². The van der Waals surface area contributed by atoms with Gasteiger partial charge in [-0.15, -0.1) is 0 Å². The highest BCUT2D eigenvalue weighted by Crippen LogP contribution is 2.32. The van der Waals surface area contributed by atoms with E-state index in [9.17, 15) is 18.7 Å². The summed E-state index contributed by atoms with van der Waals surface area (Å²) in [5, 5.41) is 12.4. The SMILES string of the molecule is CN(CC(O)C1CC1)C(=O)NCCc1cc(F)cc(F)c1. The quantitative estimate of drug-likeness (QED) is 0.843. The fraction of sp³-hybridized carbons (Fsp3) is 0.533. The van der Waals surface area contributed by atoms with Crippen LogP contribution < -0.4 is 5.32 Å². The van der Waals surface area contributed by atoms with E-state index in [1.165, 1.54) is 17.0 Å². The second kappa shape index (κ2) is 6.85. The third kappa shape index (κ3) is 4.97. The molecule has 1 fully saturated rings. The number of nitrogens with one attached hydrogen (secondary N) is 1. The van der Waals surface area contributed by atoms with Crippen LogP contribution in [0.3, 0.4) is 0 Å². The van der Waals surface area contributed by atoms with Crippen molar-refractivity contribution in [2.45, 2.75) is 25.4 Å². The summed E-state index contributed by atoms with van der Waals surface area (Å²) < 4.78 is 26.0. The molecule has 1 aromatic rings. The molecule has 4 nitrogen and oxygen atoms in total. The van der Waals surface area contributed by atoms with E-state index in [2.05, 4.69) is 5.32 Å². The van der Waals surface area contributed by atoms with E-state index in [1.807, 2.05) is 0 Å². The minimum absolute atomic E-state index is 0.283. The number of hydrogen-bond acceptors (Lipinski definition) is 2. The molecule has 2 amide bonds. The van der Waals surface area contributed by atoms with Crippen molar-refractivity contribution >= 4 is 6.03 Å². The Kier molecular flexibility index (Phi) is 5.12. The summed E-state index contributed by atoms with van der Waals surface area (Å²) in [6.45, 7) is 0.580. The van der Waals surface area contributed by atoms with Gasteiger partial charge in [0.1, 0.15) is 11.6 Å². The van der Waals surface area contributed by atoms with Gasteiger partial charge in [-0.1, -0.05) is 0 Å². The number of halogens is 2. The highest BCUT2D eigenvalue weighted by atomic mass is 19.1. The number of nitrogens with zero attached hydrogens (tertiary/aromatic N) is 1. The normalized spacial score (nSPS) is 15.6. The van der Waals surface area contributed by atoms with Crippen molar-refractivity contribution in [2.24, 2.45) is 5.92 Å². The maximum Gasteiger partial charge on any atom is 0.317 e. The molecular formula is C15H20F2N2O2. The molecule has 116 valence electrons. The van der Waals surface area contributed by atoms with Gasteiger partial charge < -0.3 is 15.3 Å². The molecule has 0 aliphatic heterocycles. The zero-order valence-corrected chi connectivity index (χ0v) is 12.0. The Labute approximate surface area is 122 Å². The van der Waals surface area contributed by atoms with Gasteiger partial charge in [0.25, 0.3) is 0 Å². The van der Waals surface area contributed by atoms with Crippen LogP contribution in [0.25, 0.3) is 0 Å². The number of hydrogen-bond donors (Lipinski definition) is 2. The number of carbonyl (C=O) groups excluding carboxylic acids is 1. The van der Waals surface area contributed by atoms with Crippen LogP contribution in [-0.2, 0) is 6.42 Å². The zero-order chi connectivity index (χ0) is 15.4. The van der Waals surface area contributed by atoms with Gasteiger partial charge in [0.05, 0.1) is 6.10 Å². The van der Waals surface area contributed by atoms with Gasteiger partial charge in [-0.3, -0.25) is 0 Å². The molecule has 1 aliphatic rings. The van der Waals surface area contributed by atoms with Gasteiger partial charge in [0.2, 0.25) is 0 Å². The average molecular weight is 298 g/mol. The minimum Gasteiger partial charge on any atom is -0.391 e. The molecule has 0 saturated heterocycles. The molecule has 0 heterocycles. The van der Waals surface area contributed by atoms with E-state index in [0.717, 1.165) is 18.9 Å². The predicted molar refractivity (Wildman–Crippen MR) is 74.8 cm³/mol. The van der Waals surface area contributed by atoms with Crippen LogP contribution in [-0.4, -0.2) is 42.3 Å². The van der Waals surface area contributed by atoms with Crippen molar-refractivity contribution in [2.75, 3.05) is 20.1 Å². The summed E-state index contributed by atoms with van der Waals surface area (Å²) >= 11 is 0. The predicted octanol–water partition coefficient (Wildman–Crippen LogP) is 1.92. The molecule has 0 radical (unpaired) electrons. The van der Waals surface area contributed by atoms with E-state index in [4.69, 9.17) is 0 Å². The molecular weight excluding hydrogens is 278 g/mol. The number of aliphatic hydroxyl groups excluding tert-OH is 1. The summed E-state index contributed by atoms with van der Waals surface area (Å²) in [5.41, 5.74) is 0.494. The Morgan fingerprint density at radius 1 is 1.38 bits per heavy atom. The molecule has 6 heteroatoms. The van der Waals surface area contributed by atoms with Gasteiger partial charge in [0.15, 0.2) is 0 Å². The Bertz CT molecular complexity index is 486. The van der Waals surface area contributed by atoms with Crippen LogP contribution in [0.1, 0.15) is 18.4 Å².